The van der Waals surface area contributed by atoms with E-state index >= 15 is 0 Å². The molecule has 0 aliphatic rings. The van der Waals surface area contributed by atoms with Gasteiger partial charge in [-0.1, -0.05) is 43.9 Å². The van der Waals surface area contributed by atoms with E-state index < -0.39 is 5.97 Å². The normalized spacial score (nSPS) is 10.2. The van der Waals surface area contributed by atoms with Crippen LogP contribution in [-0.2, 0) is 9.78 Å². The highest BCUT2D eigenvalue weighted by Crippen LogP contribution is 2.07. The number of benzene rings is 1. The maximum Gasteiger partial charge on any atom is 0.373 e. The third kappa shape index (κ3) is 5.50. The lowest BCUT2D eigenvalue weighted by atomic mass is 10.2. The highest BCUT2D eigenvalue weighted by atomic mass is 17.2. The first-order valence-electron chi connectivity index (χ1n) is 5.79. The number of rotatable bonds is 7. The summed E-state index contributed by atoms with van der Waals surface area (Å²) < 4.78 is 0. The average molecular weight is 234 g/mol. The summed E-state index contributed by atoms with van der Waals surface area (Å²) in [5.41, 5.74) is 1.59. The summed E-state index contributed by atoms with van der Waals surface area (Å²) in [5.74, 6) is -0.474. The lowest BCUT2D eigenvalue weighted by Crippen LogP contribution is -2.04. The summed E-state index contributed by atoms with van der Waals surface area (Å²) in [6.45, 7) is 7.20. The summed E-state index contributed by atoms with van der Waals surface area (Å²) in [6, 6.07) is 7.14. The molecule has 0 spiro atoms. The third-order valence-electron chi connectivity index (χ3n) is 2.30. The van der Waals surface area contributed by atoms with E-state index in [1.54, 1.807) is 12.1 Å². The zero-order chi connectivity index (χ0) is 12.5. The van der Waals surface area contributed by atoms with E-state index in [4.69, 9.17) is 4.89 Å². The Balaban J connectivity index is 2.19. The first-order valence-corrected chi connectivity index (χ1v) is 5.79. The molecule has 0 saturated heterocycles. The van der Waals surface area contributed by atoms with Gasteiger partial charge in [-0.05, 0) is 25.5 Å². The molecule has 0 bridgehead atoms. The Morgan fingerprint density at radius 1 is 1.29 bits per heavy atom. The second-order valence-corrected chi connectivity index (χ2v) is 3.85. The van der Waals surface area contributed by atoms with Crippen molar-refractivity contribution in [2.24, 2.45) is 0 Å². The molecule has 0 aliphatic carbocycles. The Hall–Kier alpha value is -1.35. The molecule has 3 heteroatoms. The zero-order valence-corrected chi connectivity index (χ0v) is 10.1. The van der Waals surface area contributed by atoms with Crippen LogP contribution in [0.15, 0.2) is 24.3 Å². The van der Waals surface area contributed by atoms with Gasteiger partial charge < -0.3 is 0 Å². The van der Waals surface area contributed by atoms with Gasteiger partial charge in [-0.2, -0.15) is 4.89 Å². The number of hydrogen-bond acceptors (Lipinski definition) is 3. The molecule has 0 N–H and O–H groups in total. The second kappa shape index (κ2) is 7.85. The van der Waals surface area contributed by atoms with Crippen molar-refractivity contribution >= 4 is 5.97 Å². The van der Waals surface area contributed by atoms with Crippen LogP contribution in [0.5, 0.6) is 0 Å². The van der Waals surface area contributed by atoms with Gasteiger partial charge in [0.25, 0.3) is 0 Å². The van der Waals surface area contributed by atoms with Crippen LogP contribution >= 0.6 is 0 Å². The molecule has 17 heavy (non-hydrogen) atoms. The summed E-state index contributed by atoms with van der Waals surface area (Å²) in [4.78, 5) is 20.8. The van der Waals surface area contributed by atoms with Gasteiger partial charge in [0.1, 0.15) is 6.61 Å². The maximum atomic E-state index is 11.5. The van der Waals surface area contributed by atoms with Gasteiger partial charge in [0, 0.05) is 0 Å². The van der Waals surface area contributed by atoms with E-state index in [2.05, 4.69) is 11.8 Å². The number of carbonyl (C=O) groups excluding carboxylic acids is 1. The van der Waals surface area contributed by atoms with Crippen LogP contribution in [0, 0.1) is 20.5 Å². The Kier molecular flexibility index (Phi) is 6.33. The molecule has 0 amide bonds. The molecule has 0 fully saturated rings. The lowest BCUT2D eigenvalue weighted by Gasteiger charge is -2.03. The Morgan fingerprint density at radius 3 is 2.65 bits per heavy atom. The van der Waals surface area contributed by atoms with E-state index in [9.17, 15) is 4.79 Å². The van der Waals surface area contributed by atoms with Crippen LogP contribution < -0.4 is 0 Å². The molecular formula is C14H18O3. The molecular weight excluding hydrogens is 216 g/mol. The number of aryl methyl sites for hydroxylation is 1. The van der Waals surface area contributed by atoms with E-state index in [1.807, 2.05) is 19.1 Å². The highest BCUT2D eigenvalue weighted by Gasteiger charge is 2.07. The lowest BCUT2D eigenvalue weighted by molar-refractivity contribution is -0.213. The Morgan fingerprint density at radius 2 is 2.00 bits per heavy atom. The van der Waals surface area contributed by atoms with Crippen molar-refractivity contribution in [2.75, 3.05) is 0 Å². The van der Waals surface area contributed by atoms with Gasteiger partial charge in [0.15, 0.2) is 0 Å². The molecule has 0 aromatic heterocycles. The van der Waals surface area contributed by atoms with Gasteiger partial charge in [0.2, 0.25) is 0 Å². The van der Waals surface area contributed by atoms with Crippen LogP contribution in [0.25, 0.3) is 0 Å². The zero-order valence-electron chi connectivity index (χ0n) is 10.1. The Bertz CT molecular complexity index is 330. The van der Waals surface area contributed by atoms with Crippen molar-refractivity contribution in [2.45, 2.75) is 32.6 Å². The minimum Gasteiger partial charge on any atom is -0.292 e. The molecule has 0 heterocycles. The van der Waals surface area contributed by atoms with Crippen LogP contribution in [0.3, 0.4) is 0 Å². The fourth-order valence-electron chi connectivity index (χ4n) is 1.27. The van der Waals surface area contributed by atoms with Gasteiger partial charge in [-0.15, -0.1) is 0 Å². The number of hydrogen-bond donors (Lipinski definition) is 0. The topological polar surface area (TPSA) is 35.5 Å². The molecule has 0 atom stereocenters. The standard InChI is InChI=1S/C14H18O3/c1-3-4-5-6-11-16-17-14(15)13-9-7-12(2)8-10-13/h7-11H,1,3-6H2,2H3. The molecule has 0 aliphatic heterocycles. The monoisotopic (exact) mass is 234 g/mol. The van der Waals surface area contributed by atoms with E-state index in [0.29, 0.717) is 5.56 Å². The summed E-state index contributed by atoms with van der Waals surface area (Å²) in [7, 11) is 0. The smallest absolute Gasteiger partial charge is 0.292 e. The Labute approximate surface area is 103 Å². The minimum atomic E-state index is -0.474. The van der Waals surface area contributed by atoms with Crippen molar-refractivity contribution in [1.82, 2.24) is 0 Å². The van der Waals surface area contributed by atoms with Crippen molar-refractivity contribution in [3.63, 3.8) is 0 Å². The summed E-state index contributed by atoms with van der Waals surface area (Å²) >= 11 is 0. The van der Waals surface area contributed by atoms with E-state index in [-0.39, 0.29) is 0 Å². The highest BCUT2D eigenvalue weighted by molar-refractivity contribution is 5.88. The average Bonchev–Trinajstić information content (AvgIpc) is 2.34. The number of carbonyl (C=O) groups is 1. The number of unbranched alkanes of at least 4 members (excludes halogenated alkanes) is 3. The largest absolute Gasteiger partial charge is 0.373 e. The molecule has 2 radical (unpaired) electrons. The second-order valence-electron chi connectivity index (χ2n) is 3.85. The molecule has 92 valence electrons. The van der Waals surface area contributed by atoms with Gasteiger partial charge in [0.05, 0.1) is 5.56 Å². The van der Waals surface area contributed by atoms with E-state index in [1.165, 1.54) is 6.61 Å². The molecule has 1 rings (SSSR count). The predicted molar refractivity (Wildman–Crippen MR) is 65.8 cm³/mol. The van der Waals surface area contributed by atoms with Crippen molar-refractivity contribution in [1.29, 1.82) is 0 Å². The fraction of sp³-hybridized carbons (Fsp3) is 0.357. The van der Waals surface area contributed by atoms with Crippen LogP contribution in [0.4, 0.5) is 0 Å². The van der Waals surface area contributed by atoms with Gasteiger partial charge in [-0.3, -0.25) is 4.89 Å². The molecule has 3 nitrogen and oxygen atoms in total. The summed E-state index contributed by atoms with van der Waals surface area (Å²) in [6.07, 6.45) is 3.71. The molecule has 0 saturated carbocycles. The predicted octanol–water partition coefficient (Wildman–Crippen LogP) is 3.64. The first-order chi connectivity index (χ1) is 8.24. The van der Waals surface area contributed by atoms with Crippen molar-refractivity contribution < 1.29 is 14.6 Å². The van der Waals surface area contributed by atoms with Crippen LogP contribution in [0.2, 0.25) is 0 Å². The quantitative estimate of drug-likeness (QED) is 0.410. The van der Waals surface area contributed by atoms with E-state index in [0.717, 1.165) is 31.2 Å². The minimum absolute atomic E-state index is 0.474. The molecule has 1 aromatic rings. The summed E-state index contributed by atoms with van der Waals surface area (Å²) in [5, 5.41) is 0. The van der Waals surface area contributed by atoms with Crippen molar-refractivity contribution in [3.05, 3.63) is 48.9 Å². The first kappa shape index (κ1) is 13.7. The maximum absolute atomic E-state index is 11.5. The molecule has 1 aromatic carbocycles. The van der Waals surface area contributed by atoms with Gasteiger partial charge >= 0.3 is 5.97 Å². The third-order valence-corrected chi connectivity index (χ3v) is 2.30. The SMILES string of the molecule is [CH2]CCCC[CH]OOC(=O)c1ccc(C)cc1. The molecule has 0 unspecified atom stereocenters. The van der Waals surface area contributed by atoms with Gasteiger partial charge in [-0.25, -0.2) is 4.79 Å². The van der Waals surface area contributed by atoms with Crippen LogP contribution in [0.1, 0.15) is 41.6 Å². The van der Waals surface area contributed by atoms with Crippen LogP contribution in [-0.4, -0.2) is 5.97 Å². The fourth-order valence-corrected chi connectivity index (χ4v) is 1.27. The van der Waals surface area contributed by atoms with Crippen molar-refractivity contribution in [3.8, 4) is 0 Å².